The van der Waals surface area contributed by atoms with Crippen LogP contribution < -0.4 is 0 Å². The van der Waals surface area contributed by atoms with E-state index in [1.807, 2.05) is 11.8 Å². The smallest absolute Gasteiger partial charge is 0.326 e. The van der Waals surface area contributed by atoms with E-state index in [1.165, 1.54) is 0 Å². The Kier molecular flexibility index (Phi) is 16.2. The van der Waals surface area contributed by atoms with Crippen LogP contribution in [-0.4, -0.2) is 125 Å². The van der Waals surface area contributed by atoms with Crippen molar-refractivity contribution in [2.45, 2.75) is 139 Å². The maximum Gasteiger partial charge on any atom is 0.326 e. The van der Waals surface area contributed by atoms with Gasteiger partial charge in [-0.3, -0.25) is 33.7 Å². The minimum absolute atomic E-state index is 0.216. The van der Waals surface area contributed by atoms with Crippen molar-refractivity contribution >= 4 is 35.7 Å². The maximum absolute atomic E-state index is 13.6. The summed E-state index contributed by atoms with van der Waals surface area (Å²) in [7, 11) is 0. The first-order valence-electron chi connectivity index (χ1n) is 18.3. The zero-order valence-corrected chi connectivity index (χ0v) is 34.9. The second kappa shape index (κ2) is 19.2. The van der Waals surface area contributed by atoms with Crippen molar-refractivity contribution in [1.29, 1.82) is 0 Å². The molecule has 0 radical (unpaired) electrons. The molecule has 0 saturated carbocycles. The number of ether oxygens (including phenoxy) is 4. The second-order valence-electron chi connectivity index (χ2n) is 17.1. The van der Waals surface area contributed by atoms with Gasteiger partial charge < -0.3 is 37.9 Å². The number of aromatic nitrogens is 4. The predicted octanol–water partition coefficient (Wildman–Crippen LogP) is 3.13. The van der Waals surface area contributed by atoms with E-state index in [2.05, 4.69) is 9.97 Å². The summed E-state index contributed by atoms with van der Waals surface area (Å²) in [5.74, 6) is -2.65. The Hall–Kier alpha value is -4.80. The molecule has 0 fully saturated rings. The Morgan fingerprint density at radius 2 is 0.800 bits per heavy atom. The fourth-order valence-electron chi connectivity index (χ4n) is 5.03. The highest BCUT2D eigenvalue weighted by Gasteiger charge is 2.29. The van der Waals surface area contributed by atoms with Crippen molar-refractivity contribution in [3.63, 3.8) is 0 Å². The number of esters is 4. The second-order valence-corrected chi connectivity index (χ2v) is 17.1. The van der Waals surface area contributed by atoms with Gasteiger partial charge in [0.1, 0.15) is 73.3 Å². The largest absolute Gasteiger partial charge is 0.459 e. The van der Waals surface area contributed by atoms with E-state index in [9.17, 15) is 28.8 Å². The van der Waals surface area contributed by atoms with Gasteiger partial charge in [0, 0.05) is 24.8 Å². The van der Waals surface area contributed by atoms with Gasteiger partial charge in [0.25, 0.3) is 0 Å². The van der Waals surface area contributed by atoms with Crippen LogP contribution in [0.4, 0.5) is 0 Å². The molecule has 17 nitrogen and oxygen atoms in total. The van der Waals surface area contributed by atoms with Crippen LogP contribution in [-0.2, 0) is 73.9 Å². The lowest BCUT2D eigenvalue weighted by Crippen LogP contribution is -2.44. The lowest BCUT2D eigenvalue weighted by molar-refractivity contribution is -0.165. The molecule has 0 atom stereocenters. The first-order chi connectivity index (χ1) is 25.1. The average Bonchev–Trinajstić information content (AvgIpc) is 3.60. The quantitative estimate of drug-likeness (QED) is 0.169. The van der Waals surface area contributed by atoms with E-state index in [0.717, 1.165) is 9.80 Å². The molecule has 2 amide bonds. The van der Waals surface area contributed by atoms with Gasteiger partial charge in [-0.2, -0.15) is 0 Å². The van der Waals surface area contributed by atoms with Gasteiger partial charge in [0.15, 0.2) is 0 Å². The van der Waals surface area contributed by atoms with E-state index in [0.29, 0.717) is 18.2 Å². The van der Waals surface area contributed by atoms with Gasteiger partial charge in [-0.15, -0.1) is 0 Å². The molecule has 0 aliphatic heterocycles. The molecule has 2 rings (SSSR count). The molecular formula is C38H61N7O10. The van der Waals surface area contributed by atoms with Crippen molar-refractivity contribution in [3.8, 4) is 0 Å². The van der Waals surface area contributed by atoms with Crippen LogP contribution in [0.1, 0.15) is 102 Å². The molecule has 55 heavy (non-hydrogen) atoms. The highest BCUT2D eigenvalue weighted by molar-refractivity contribution is 5.87. The summed E-state index contributed by atoms with van der Waals surface area (Å²) < 4.78 is 24.9. The molecule has 0 bridgehead atoms. The van der Waals surface area contributed by atoms with Crippen LogP contribution in [0.5, 0.6) is 0 Å². The van der Waals surface area contributed by atoms with Gasteiger partial charge in [-0.05, 0) is 89.6 Å². The molecule has 2 aromatic rings. The van der Waals surface area contributed by atoms with Crippen LogP contribution in [0.2, 0.25) is 0 Å². The zero-order chi connectivity index (χ0) is 41.9. The first-order valence-corrected chi connectivity index (χ1v) is 18.3. The Labute approximate surface area is 324 Å². The van der Waals surface area contributed by atoms with Crippen molar-refractivity contribution in [2.75, 3.05) is 32.7 Å². The summed E-state index contributed by atoms with van der Waals surface area (Å²) in [4.78, 5) is 91.1. The molecular weight excluding hydrogens is 714 g/mol. The van der Waals surface area contributed by atoms with E-state index >= 15 is 0 Å². The van der Waals surface area contributed by atoms with Gasteiger partial charge in [0.2, 0.25) is 11.8 Å². The fourth-order valence-corrected chi connectivity index (χ4v) is 5.03. The summed E-state index contributed by atoms with van der Waals surface area (Å²) >= 11 is 0. The minimum atomic E-state index is -0.791. The van der Waals surface area contributed by atoms with Crippen molar-refractivity contribution in [3.05, 3.63) is 36.4 Å². The van der Waals surface area contributed by atoms with Gasteiger partial charge >= 0.3 is 23.9 Å². The SMILES string of the molecule is CCN(Cc1nccn1CC(=O)N(CC(=O)OC(C)(C)C)CC(=O)OC(C)(C)C)Cc1nccn1CC(=O)N(CC(=O)OC(C)(C)C)CC(=O)OC(C)(C)C. The zero-order valence-electron chi connectivity index (χ0n) is 34.9. The number of amides is 2. The Morgan fingerprint density at radius 1 is 0.527 bits per heavy atom. The molecule has 2 heterocycles. The highest BCUT2D eigenvalue weighted by Crippen LogP contribution is 2.14. The number of hydrogen-bond donors (Lipinski definition) is 0. The topological polar surface area (TPSA) is 185 Å². The van der Waals surface area contributed by atoms with Gasteiger partial charge in [-0.25, -0.2) is 9.97 Å². The number of carbonyl (C=O) groups is 6. The third-order valence-corrected chi connectivity index (χ3v) is 7.06. The molecule has 0 aliphatic carbocycles. The monoisotopic (exact) mass is 775 g/mol. The summed E-state index contributed by atoms with van der Waals surface area (Å²) in [5.41, 5.74) is -3.17. The van der Waals surface area contributed by atoms with E-state index in [4.69, 9.17) is 18.9 Å². The normalized spacial score (nSPS) is 12.3. The van der Waals surface area contributed by atoms with E-state index in [1.54, 1.807) is 117 Å². The molecule has 0 unspecified atom stereocenters. The molecule has 2 aromatic heterocycles. The summed E-state index contributed by atoms with van der Waals surface area (Å²) in [5, 5.41) is 0. The molecule has 0 aromatic carbocycles. The first kappa shape index (κ1) is 46.4. The number of nitrogens with zero attached hydrogens (tertiary/aromatic N) is 7. The van der Waals surface area contributed by atoms with Crippen molar-refractivity contribution in [2.24, 2.45) is 0 Å². The summed E-state index contributed by atoms with van der Waals surface area (Å²) in [6.45, 7) is 21.3. The van der Waals surface area contributed by atoms with Gasteiger partial charge in [0.05, 0.1) is 13.1 Å². The highest BCUT2D eigenvalue weighted by atomic mass is 16.6. The molecule has 17 heteroatoms. The van der Waals surface area contributed by atoms with Crippen molar-refractivity contribution < 1.29 is 47.7 Å². The van der Waals surface area contributed by atoms with Crippen LogP contribution in [0, 0.1) is 0 Å². The van der Waals surface area contributed by atoms with Crippen LogP contribution >= 0.6 is 0 Å². The maximum atomic E-state index is 13.6. The number of imidazole rings is 2. The molecule has 308 valence electrons. The van der Waals surface area contributed by atoms with E-state index < -0.39 is 84.3 Å². The number of carbonyl (C=O) groups excluding carboxylic acids is 6. The third-order valence-electron chi connectivity index (χ3n) is 7.06. The Balaban J connectivity index is 2.22. The lowest BCUT2D eigenvalue weighted by atomic mass is 10.2. The molecule has 0 N–H and O–H groups in total. The van der Waals surface area contributed by atoms with Crippen LogP contribution in [0.15, 0.2) is 24.8 Å². The average molecular weight is 776 g/mol. The Bertz CT molecular complexity index is 1460. The van der Waals surface area contributed by atoms with Crippen LogP contribution in [0.3, 0.4) is 0 Å². The fraction of sp³-hybridized carbons (Fsp3) is 0.684. The molecule has 0 saturated heterocycles. The number of hydrogen-bond acceptors (Lipinski definition) is 13. The minimum Gasteiger partial charge on any atom is -0.459 e. The number of rotatable bonds is 17. The molecule has 0 spiro atoms. The third kappa shape index (κ3) is 18.4. The van der Waals surface area contributed by atoms with Crippen molar-refractivity contribution in [1.82, 2.24) is 33.8 Å². The van der Waals surface area contributed by atoms with E-state index in [-0.39, 0.29) is 26.2 Å². The van der Waals surface area contributed by atoms with Gasteiger partial charge in [-0.1, -0.05) is 6.92 Å². The Morgan fingerprint density at radius 3 is 1.04 bits per heavy atom. The lowest BCUT2D eigenvalue weighted by Gasteiger charge is -2.27. The summed E-state index contributed by atoms with van der Waals surface area (Å²) in [6, 6.07) is 0. The standard InChI is InChI=1S/C38H61N7O10/c1-14-41(19-27-39-15-17-42(27)21-29(46)44(23-31(48)52-35(2,3)4)24-32(49)53-36(5,6)7)20-28-40-16-18-43(28)22-30(47)45(25-33(50)54-37(8,9)10)26-34(51)55-38(11,12)13/h15-18H,14,19-26H2,1-13H3. The predicted molar refractivity (Wildman–Crippen MR) is 201 cm³/mol. The summed E-state index contributed by atoms with van der Waals surface area (Å²) in [6.07, 6.45) is 6.35. The molecule has 0 aliphatic rings. The van der Waals surface area contributed by atoms with Crippen LogP contribution in [0.25, 0.3) is 0 Å².